The maximum atomic E-state index is 12.8. The van der Waals surface area contributed by atoms with Crippen molar-refractivity contribution in [3.63, 3.8) is 0 Å². The van der Waals surface area contributed by atoms with Crippen molar-refractivity contribution >= 4 is 21.7 Å². The number of aliphatic carboxylic acids is 1. The number of carbonyl (C=O) groups is 1. The second-order valence-electron chi connectivity index (χ2n) is 9.06. The van der Waals surface area contributed by atoms with Crippen molar-refractivity contribution in [1.82, 2.24) is 14.5 Å². The number of nitro groups is 1. The molecule has 38 heavy (non-hydrogen) atoms. The van der Waals surface area contributed by atoms with Crippen molar-refractivity contribution in [1.29, 1.82) is 0 Å². The van der Waals surface area contributed by atoms with Crippen LogP contribution in [0.25, 0.3) is 16.9 Å². The Morgan fingerprint density at radius 2 is 1.63 bits per heavy atom. The van der Waals surface area contributed by atoms with Crippen molar-refractivity contribution < 1.29 is 23.2 Å². The summed E-state index contributed by atoms with van der Waals surface area (Å²) in [5, 5.41) is 25.0. The first-order valence-electron chi connectivity index (χ1n) is 11.8. The lowest BCUT2D eigenvalue weighted by molar-refractivity contribution is -0.384. The van der Waals surface area contributed by atoms with Crippen molar-refractivity contribution in [3.05, 3.63) is 106 Å². The van der Waals surface area contributed by atoms with Gasteiger partial charge in [-0.2, -0.15) is 9.82 Å². The standard InChI is InChI=1S/C27H26N4O6S/c1-18(2)20-7-13-24(14-8-20)38(36,37)29-26(27(32)33)17-19-3-5-21(6-4-19)25-15-16-30(28-25)22-9-11-23(12-10-22)31(34)35/h3-16,18,26,29H,17H2,1-2H3,(H,32,33). The molecule has 1 unspecified atom stereocenters. The Balaban J connectivity index is 1.46. The number of sulfonamides is 1. The number of aromatic nitrogens is 2. The summed E-state index contributed by atoms with van der Waals surface area (Å²) in [5.74, 6) is -1.04. The molecule has 1 aromatic heterocycles. The molecule has 4 rings (SSSR count). The molecule has 0 saturated carbocycles. The molecule has 0 bridgehead atoms. The van der Waals surface area contributed by atoms with Crippen LogP contribution in [0.4, 0.5) is 5.69 Å². The lowest BCUT2D eigenvalue weighted by Gasteiger charge is -2.16. The zero-order valence-electron chi connectivity index (χ0n) is 20.7. The van der Waals surface area contributed by atoms with E-state index in [1.54, 1.807) is 65.5 Å². The Bertz CT molecular complexity index is 1540. The van der Waals surface area contributed by atoms with Gasteiger partial charge in [0.05, 0.1) is 21.2 Å². The van der Waals surface area contributed by atoms with E-state index < -0.39 is 27.0 Å². The van der Waals surface area contributed by atoms with Gasteiger partial charge in [-0.3, -0.25) is 14.9 Å². The van der Waals surface area contributed by atoms with Gasteiger partial charge in [0.25, 0.3) is 5.69 Å². The minimum absolute atomic E-state index is 0.00658. The summed E-state index contributed by atoms with van der Waals surface area (Å²) in [6.07, 6.45) is 1.68. The molecule has 1 heterocycles. The van der Waals surface area contributed by atoms with Gasteiger partial charge in [0.15, 0.2) is 0 Å². The van der Waals surface area contributed by atoms with Gasteiger partial charge >= 0.3 is 5.97 Å². The Labute approximate surface area is 219 Å². The monoisotopic (exact) mass is 534 g/mol. The largest absolute Gasteiger partial charge is 0.480 e. The summed E-state index contributed by atoms with van der Waals surface area (Å²) in [6, 6.07) is 19.8. The van der Waals surface area contributed by atoms with Crippen LogP contribution in [0.5, 0.6) is 0 Å². The molecule has 4 aromatic rings. The van der Waals surface area contributed by atoms with E-state index in [-0.39, 0.29) is 22.9 Å². The van der Waals surface area contributed by atoms with Crippen molar-refractivity contribution in [2.24, 2.45) is 0 Å². The van der Waals surface area contributed by atoms with E-state index in [2.05, 4.69) is 9.82 Å². The van der Waals surface area contributed by atoms with Crippen molar-refractivity contribution in [2.75, 3.05) is 0 Å². The molecule has 0 fully saturated rings. The third-order valence-corrected chi connectivity index (χ3v) is 7.54. The maximum Gasteiger partial charge on any atom is 0.322 e. The Morgan fingerprint density at radius 1 is 1.00 bits per heavy atom. The molecule has 0 aliphatic heterocycles. The predicted octanol–water partition coefficient (Wildman–Crippen LogP) is 4.55. The fraction of sp³-hybridized carbons (Fsp3) is 0.185. The number of rotatable bonds is 10. The van der Waals surface area contributed by atoms with Gasteiger partial charge < -0.3 is 5.11 Å². The lowest BCUT2D eigenvalue weighted by atomic mass is 10.0. The summed E-state index contributed by atoms with van der Waals surface area (Å²) in [7, 11) is -4.03. The molecule has 0 saturated heterocycles. The molecule has 0 aliphatic carbocycles. The second kappa shape index (κ2) is 11.0. The normalized spacial score (nSPS) is 12.4. The fourth-order valence-corrected chi connectivity index (χ4v) is 5.05. The van der Waals surface area contributed by atoms with E-state index in [0.717, 1.165) is 11.1 Å². The van der Waals surface area contributed by atoms with Crippen LogP contribution in [0.15, 0.2) is 90.0 Å². The van der Waals surface area contributed by atoms with Crippen LogP contribution in [0.3, 0.4) is 0 Å². The molecule has 196 valence electrons. The average molecular weight is 535 g/mol. The van der Waals surface area contributed by atoms with E-state index >= 15 is 0 Å². The van der Waals surface area contributed by atoms with Crippen LogP contribution < -0.4 is 4.72 Å². The van der Waals surface area contributed by atoms with Crippen LogP contribution in [-0.2, 0) is 21.2 Å². The predicted molar refractivity (Wildman–Crippen MR) is 142 cm³/mol. The van der Waals surface area contributed by atoms with Crippen LogP contribution in [0, 0.1) is 10.1 Å². The number of carboxylic acid groups (broad SMARTS) is 1. The van der Waals surface area contributed by atoms with E-state index in [1.165, 1.54) is 24.3 Å². The Hall–Kier alpha value is -4.35. The van der Waals surface area contributed by atoms with Gasteiger partial charge in [0.2, 0.25) is 10.0 Å². The van der Waals surface area contributed by atoms with Gasteiger partial charge in [-0.1, -0.05) is 50.2 Å². The molecule has 11 heteroatoms. The summed E-state index contributed by atoms with van der Waals surface area (Å²) in [5.41, 5.74) is 3.68. The van der Waals surface area contributed by atoms with E-state index in [4.69, 9.17) is 0 Å². The zero-order chi connectivity index (χ0) is 27.4. The minimum Gasteiger partial charge on any atom is -0.480 e. The van der Waals surface area contributed by atoms with Crippen LogP contribution in [-0.4, -0.2) is 40.2 Å². The topological polar surface area (TPSA) is 144 Å². The summed E-state index contributed by atoms with van der Waals surface area (Å²) in [4.78, 5) is 22.3. The van der Waals surface area contributed by atoms with Gasteiger partial charge in [0.1, 0.15) is 6.04 Å². The Kier molecular flexibility index (Phi) is 7.70. The first-order chi connectivity index (χ1) is 18.0. The highest BCUT2D eigenvalue weighted by Gasteiger charge is 2.26. The fourth-order valence-electron chi connectivity index (χ4n) is 3.86. The van der Waals surface area contributed by atoms with E-state index in [9.17, 15) is 28.4 Å². The smallest absolute Gasteiger partial charge is 0.322 e. The maximum absolute atomic E-state index is 12.8. The molecular weight excluding hydrogens is 508 g/mol. The van der Waals surface area contributed by atoms with Crippen LogP contribution in [0.2, 0.25) is 0 Å². The lowest BCUT2D eigenvalue weighted by Crippen LogP contribution is -2.42. The minimum atomic E-state index is -4.03. The number of non-ortho nitro benzene ring substituents is 1. The summed E-state index contributed by atoms with van der Waals surface area (Å²) < 4.78 is 29.5. The molecule has 10 nitrogen and oxygen atoms in total. The molecular formula is C27H26N4O6S. The van der Waals surface area contributed by atoms with Gasteiger partial charge in [-0.25, -0.2) is 13.1 Å². The third kappa shape index (κ3) is 6.13. The molecule has 0 aliphatic rings. The van der Waals surface area contributed by atoms with Gasteiger partial charge in [-0.15, -0.1) is 0 Å². The number of nitrogens with zero attached hydrogens (tertiary/aromatic N) is 3. The quantitative estimate of drug-likeness (QED) is 0.224. The van der Waals surface area contributed by atoms with E-state index in [0.29, 0.717) is 16.9 Å². The van der Waals surface area contributed by atoms with E-state index in [1.807, 2.05) is 13.8 Å². The number of nitro benzene ring substituents is 1. The van der Waals surface area contributed by atoms with Gasteiger partial charge in [0, 0.05) is 23.9 Å². The number of benzene rings is 3. The number of carboxylic acids is 1. The van der Waals surface area contributed by atoms with Crippen LogP contribution >= 0.6 is 0 Å². The SMILES string of the molecule is CC(C)c1ccc(S(=O)(=O)NC(Cc2ccc(-c3ccn(-c4ccc([N+](=O)[O-])cc4)n3)cc2)C(=O)O)cc1. The van der Waals surface area contributed by atoms with Gasteiger partial charge in [-0.05, 0) is 53.8 Å². The molecule has 0 amide bonds. The summed E-state index contributed by atoms with van der Waals surface area (Å²) >= 11 is 0. The van der Waals surface area contributed by atoms with Crippen molar-refractivity contribution in [3.8, 4) is 16.9 Å². The molecule has 3 aromatic carbocycles. The highest BCUT2D eigenvalue weighted by Crippen LogP contribution is 2.22. The number of hydrogen-bond acceptors (Lipinski definition) is 6. The number of nitrogens with one attached hydrogen (secondary N) is 1. The average Bonchev–Trinajstić information content (AvgIpc) is 3.39. The first-order valence-corrected chi connectivity index (χ1v) is 13.3. The molecule has 0 spiro atoms. The highest BCUT2D eigenvalue weighted by molar-refractivity contribution is 7.89. The molecule has 0 radical (unpaired) electrons. The first kappa shape index (κ1) is 26.7. The highest BCUT2D eigenvalue weighted by atomic mass is 32.2. The molecule has 2 N–H and O–H groups in total. The number of hydrogen-bond donors (Lipinski definition) is 2. The Morgan fingerprint density at radius 3 is 2.18 bits per heavy atom. The summed E-state index contributed by atoms with van der Waals surface area (Å²) in [6.45, 7) is 4.00. The molecule has 1 atom stereocenters. The zero-order valence-corrected chi connectivity index (χ0v) is 21.5. The third-order valence-electron chi connectivity index (χ3n) is 6.06. The van der Waals surface area contributed by atoms with Crippen LogP contribution in [0.1, 0.15) is 30.9 Å². The second-order valence-corrected chi connectivity index (χ2v) is 10.8. The van der Waals surface area contributed by atoms with Crippen molar-refractivity contribution in [2.45, 2.75) is 37.1 Å².